The highest BCUT2D eigenvalue weighted by molar-refractivity contribution is 6.31. The zero-order valence-corrected chi connectivity index (χ0v) is 28.2. The molecule has 1 aromatic heterocycles. The molecule has 2 heterocycles. The number of benzene rings is 4. The van der Waals surface area contributed by atoms with Crippen molar-refractivity contribution in [3.05, 3.63) is 88.9 Å². The van der Waals surface area contributed by atoms with Gasteiger partial charge in [-0.1, -0.05) is 22.8 Å². The molecule has 49 heavy (non-hydrogen) atoms. The van der Waals surface area contributed by atoms with Crippen molar-refractivity contribution < 1.29 is 42.5 Å². The van der Waals surface area contributed by atoms with Crippen molar-refractivity contribution in [1.82, 2.24) is 10.5 Å². The second-order valence-corrected chi connectivity index (χ2v) is 11.1. The second-order valence-electron chi connectivity index (χ2n) is 10.7. The van der Waals surface area contributed by atoms with Gasteiger partial charge in [-0.3, -0.25) is 4.79 Å². The first-order valence-corrected chi connectivity index (χ1v) is 15.5. The minimum absolute atomic E-state index is 0.206. The zero-order valence-electron chi connectivity index (χ0n) is 27.4. The predicted octanol–water partition coefficient (Wildman–Crippen LogP) is 7.02. The smallest absolute Gasteiger partial charge is 0.255 e. The maximum absolute atomic E-state index is 12.7. The molecule has 0 saturated carbocycles. The van der Waals surface area contributed by atoms with E-state index < -0.39 is 6.17 Å². The molecule has 1 unspecified atom stereocenters. The largest absolute Gasteiger partial charge is 0.493 e. The predicted molar refractivity (Wildman–Crippen MR) is 183 cm³/mol. The molecule has 1 aliphatic heterocycles. The van der Waals surface area contributed by atoms with Crippen LogP contribution in [0.2, 0.25) is 5.02 Å². The topological polar surface area (TPSA) is 132 Å². The lowest BCUT2D eigenvalue weighted by molar-refractivity contribution is 0.0935. The van der Waals surface area contributed by atoms with Crippen molar-refractivity contribution >= 4 is 23.2 Å². The number of carbonyl (C=O) groups excluding carboxylic acids is 1. The van der Waals surface area contributed by atoms with Gasteiger partial charge in [0.15, 0.2) is 40.3 Å². The Labute approximate surface area is 287 Å². The molecule has 0 fully saturated rings. The average molecular weight is 688 g/mol. The molecule has 0 saturated heterocycles. The molecule has 2 N–H and O–H groups in total. The maximum Gasteiger partial charge on any atom is 0.255 e. The van der Waals surface area contributed by atoms with E-state index in [9.17, 15) is 4.79 Å². The molecule has 0 aliphatic carbocycles. The van der Waals surface area contributed by atoms with E-state index in [-0.39, 0.29) is 19.1 Å². The number of ether oxygens (including phenoxy) is 7. The van der Waals surface area contributed by atoms with Crippen molar-refractivity contribution in [1.29, 1.82) is 0 Å². The summed E-state index contributed by atoms with van der Waals surface area (Å²) in [6, 6.07) is 21.5. The van der Waals surface area contributed by atoms with Gasteiger partial charge in [0.2, 0.25) is 5.75 Å². The highest BCUT2D eigenvalue weighted by atomic mass is 35.5. The van der Waals surface area contributed by atoms with E-state index >= 15 is 0 Å². The summed E-state index contributed by atoms with van der Waals surface area (Å²) in [6.45, 7) is 0.417. The molecule has 1 amide bonds. The van der Waals surface area contributed by atoms with Gasteiger partial charge in [-0.05, 0) is 66.2 Å². The molecular formula is C36H34ClN3O9. The maximum atomic E-state index is 12.7. The molecule has 254 valence electrons. The SMILES string of the molecule is COc1cc(C2NC(=O)c3cc(Cl)ccc3N2)ccc1OCCOc1cc(-c2cc(-c3cc(OC)c(OC)c(OC)c3)no2)ccc1OC. The monoisotopic (exact) mass is 687 g/mol. The van der Waals surface area contributed by atoms with Crippen LogP contribution in [-0.2, 0) is 0 Å². The molecule has 6 rings (SSSR count). The molecule has 5 aromatic rings. The van der Waals surface area contributed by atoms with E-state index in [0.29, 0.717) is 68.0 Å². The number of nitrogens with zero attached hydrogens (tertiary/aromatic N) is 1. The van der Waals surface area contributed by atoms with Crippen molar-refractivity contribution in [2.45, 2.75) is 6.17 Å². The van der Waals surface area contributed by atoms with Gasteiger partial charge < -0.3 is 48.3 Å². The van der Waals surface area contributed by atoms with E-state index in [2.05, 4.69) is 15.8 Å². The highest BCUT2D eigenvalue weighted by Gasteiger charge is 2.26. The molecular weight excluding hydrogens is 654 g/mol. The number of methoxy groups -OCH3 is 5. The summed E-state index contributed by atoms with van der Waals surface area (Å²) in [5, 5.41) is 11.0. The average Bonchev–Trinajstić information content (AvgIpc) is 3.63. The first-order valence-electron chi connectivity index (χ1n) is 15.1. The van der Waals surface area contributed by atoms with Crippen LogP contribution in [0.4, 0.5) is 5.69 Å². The van der Waals surface area contributed by atoms with Gasteiger partial charge in [-0.2, -0.15) is 0 Å². The number of fused-ring (bicyclic) bond motifs is 1. The third kappa shape index (κ3) is 6.95. The minimum atomic E-state index is -0.463. The van der Waals surface area contributed by atoms with Gasteiger partial charge in [0, 0.05) is 27.9 Å². The minimum Gasteiger partial charge on any atom is -0.493 e. The Hall–Kier alpha value is -5.75. The summed E-state index contributed by atoms with van der Waals surface area (Å²) >= 11 is 6.06. The Bertz CT molecular complexity index is 1950. The Morgan fingerprint density at radius 2 is 1.35 bits per heavy atom. The number of aromatic nitrogens is 1. The summed E-state index contributed by atoms with van der Waals surface area (Å²) < 4.78 is 45.3. The molecule has 0 radical (unpaired) electrons. The normalized spacial score (nSPS) is 13.4. The number of nitrogens with one attached hydrogen (secondary N) is 2. The van der Waals surface area contributed by atoms with Crippen molar-refractivity contribution in [3.63, 3.8) is 0 Å². The number of amides is 1. The number of carbonyl (C=O) groups is 1. The molecule has 1 aliphatic rings. The number of hydrogen-bond donors (Lipinski definition) is 2. The van der Waals surface area contributed by atoms with Crippen LogP contribution in [0.1, 0.15) is 22.1 Å². The van der Waals surface area contributed by atoms with Crippen LogP contribution in [0.25, 0.3) is 22.6 Å². The van der Waals surface area contributed by atoms with Gasteiger partial charge >= 0.3 is 0 Å². The molecule has 12 nitrogen and oxygen atoms in total. The Balaban J connectivity index is 1.12. The highest BCUT2D eigenvalue weighted by Crippen LogP contribution is 2.42. The van der Waals surface area contributed by atoms with Gasteiger partial charge in [0.05, 0.1) is 41.1 Å². The summed E-state index contributed by atoms with van der Waals surface area (Å²) in [5.41, 5.74) is 4.00. The molecule has 1 atom stereocenters. The van der Waals surface area contributed by atoms with Crippen LogP contribution in [0.3, 0.4) is 0 Å². The van der Waals surface area contributed by atoms with E-state index in [1.54, 1.807) is 78.0 Å². The van der Waals surface area contributed by atoms with E-state index in [1.807, 2.05) is 30.3 Å². The number of halogens is 1. The first-order chi connectivity index (χ1) is 23.8. The van der Waals surface area contributed by atoms with E-state index in [0.717, 1.165) is 16.7 Å². The molecule has 0 spiro atoms. The lowest BCUT2D eigenvalue weighted by Crippen LogP contribution is -2.38. The lowest BCUT2D eigenvalue weighted by Gasteiger charge is -2.28. The van der Waals surface area contributed by atoms with Gasteiger partial charge in [0.1, 0.15) is 25.1 Å². The zero-order chi connectivity index (χ0) is 34.5. The Morgan fingerprint density at radius 3 is 2.04 bits per heavy atom. The van der Waals surface area contributed by atoms with Crippen molar-refractivity contribution in [2.75, 3.05) is 54.1 Å². The van der Waals surface area contributed by atoms with Crippen molar-refractivity contribution in [2.24, 2.45) is 0 Å². The van der Waals surface area contributed by atoms with Crippen LogP contribution < -0.4 is 43.8 Å². The standard InChI is InChI=1S/C36H34ClN3O9/c1-42-27-10-6-20(29-19-26(40-49-29)22-16-32(44-3)34(46-5)33(17-22)45-4)14-31(27)48-13-12-47-28-11-7-21(15-30(28)43-2)35-38-25-9-8-23(37)18-24(25)36(41)39-35/h6-11,14-19,35,38H,12-13H2,1-5H3,(H,39,41). The number of anilines is 1. The summed E-state index contributed by atoms with van der Waals surface area (Å²) in [7, 11) is 7.78. The summed E-state index contributed by atoms with van der Waals surface area (Å²) in [6.07, 6.45) is -0.463. The van der Waals surface area contributed by atoms with Crippen LogP contribution >= 0.6 is 11.6 Å². The fraction of sp³-hybridized carbons (Fsp3) is 0.222. The molecule has 4 aromatic carbocycles. The van der Waals surface area contributed by atoms with Crippen molar-refractivity contribution in [3.8, 4) is 62.8 Å². The summed E-state index contributed by atoms with van der Waals surface area (Å²) in [4.78, 5) is 12.7. The van der Waals surface area contributed by atoms with Gasteiger partial charge in [-0.15, -0.1) is 0 Å². The molecule has 13 heteroatoms. The van der Waals surface area contributed by atoms with Crippen LogP contribution in [0, 0.1) is 0 Å². The van der Waals surface area contributed by atoms with Crippen LogP contribution in [-0.4, -0.2) is 59.8 Å². The first kappa shape index (κ1) is 33.2. The second kappa shape index (κ2) is 14.6. The van der Waals surface area contributed by atoms with Crippen LogP contribution in [0.15, 0.2) is 77.3 Å². The quantitative estimate of drug-likeness (QED) is 0.124. The number of rotatable bonds is 13. The van der Waals surface area contributed by atoms with Gasteiger partial charge in [0.25, 0.3) is 5.91 Å². The number of hydrogen-bond acceptors (Lipinski definition) is 11. The van der Waals surface area contributed by atoms with Crippen LogP contribution in [0.5, 0.6) is 40.2 Å². The van der Waals surface area contributed by atoms with E-state index in [1.165, 1.54) is 0 Å². The Kier molecular flexibility index (Phi) is 9.86. The fourth-order valence-electron chi connectivity index (χ4n) is 5.40. The molecule has 0 bridgehead atoms. The van der Waals surface area contributed by atoms with Gasteiger partial charge in [-0.25, -0.2) is 0 Å². The lowest BCUT2D eigenvalue weighted by atomic mass is 10.1. The third-order valence-electron chi connectivity index (χ3n) is 7.84. The fourth-order valence-corrected chi connectivity index (χ4v) is 5.57. The van der Waals surface area contributed by atoms with E-state index in [4.69, 9.17) is 49.3 Å². The summed E-state index contributed by atoms with van der Waals surface area (Å²) in [5.74, 6) is 3.85. The Morgan fingerprint density at radius 1 is 0.673 bits per heavy atom. The third-order valence-corrected chi connectivity index (χ3v) is 8.07.